The Morgan fingerprint density at radius 1 is 1.22 bits per heavy atom. The zero-order valence-corrected chi connectivity index (χ0v) is 14.4. The van der Waals surface area contributed by atoms with Crippen LogP contribution >= 0.6 is 15.9 Å². The van der Waals surface area contributed by atoms with Gasteiger partial charge in [0.25, 0.3) is 5.91 Å². The summed E-state index contributed by atoms with van der Waals surface area (Å²) in [7, 11) is -3.55. The van der Waals surface area contributed by atoms with Gasteiger partial charge >= 0.3 is 0 Å². The molecule has 1 aliphatic carbocycles. The summed E-state index contributed by atoms with van der Waals surface area (Å²) in [4.78, 5) is 16.2. The fraction of sp³-hybridized carbons (Fsp3) is 0.200. The predicted molar refractivity (Wildman–Crippen MR) is 89.7 cm³/mol. The molecule has 8 heteroatoms. The largest absolute Gasteiger partial charge is 0.322 e. The summed E-state index contributed by atoms with van der Waals surface area (Å²) in [5.41, 5.74) is 0.789. The number of benzene rings is 1. The number of rotatable bonds is 5. The molecule has 1 fully saturated rings. The number of halogens is 1. The van der Waals surface area contributed by atoms with Gasteiger partial charge in [-0.25, -0.2) is 13.1 Å². The molecule has 1 aromatic heterocycles. The highest BCUT2D eigenvalue weighted by atomic mass is 79.9. The van der Waals surface area contributed by atoms with E-state index in [1.807, 2.05) is 0 Å². The zero-order chi connectivity index (χ0) is 16.4. The molecular weight excluding hydrogens is 382 g/mol. The molecule has 0 saturated heterocycles. The van der Waals surface area contributed by atoms with Crippen LogP contribution in [-0.2, 0) is 10.0 Å². The number of anilines is 1. The Hall–Kier alpha value is -1.77. The monoisotopic (exact) mass is 395 g/mol. The number of sulfonamides is 1. The van der Waals surface area contributed by atoms with Gasteiger partial charge in [-0.05, 0) is 53.0 Å². The van der Waals surface area contributed by atoms with Crippen LogP contribution in [0.2, 0.25) is 0 Å². The van der Waals surface area contributed by atoms with Crippen LogP contribution in [0.3, 0.4) is 0 Å². The quantitative estimate of drug-likeness (QED) is 0.813. The van der Waals surface area contributed by atoms with E-state index in [1.165, 1.54) is 18.3 Å². The maximum absolute atomic E-state index is 12.2. The lowest BCUT2D eigenvalue weighted by Crippen LogP contribution is -2.25. The van der Waals surface area contributed by atoms with Crippen LogP contribution in [0, 0.1) is 0 Å². The summed E-state index contributed by atoms with van der Waals surface area (Å²) < 4.78 is 27.7. The Bertz CT molecular complexity index is 851. The first kappa shape index (κ1) is 16.1. The molecule has 0 atom stereocenters. The SMILES string of the molecule is O=C(Nc1cccc(S(=O)(=O)NC2CC2)c1)c1cncc(Br)c1. The molecule has 1 heterocycles. The van der Waals surface area contributed by atoms with Crippen molar-refractivity contribution in [3.05, 3.63) is 52.8 Å². The molecule has 0 radical (unpaired) electrons. The summed E-state index contributed by atoms with van der Waals surface area (Å²) >= 11 is 3.25. The Morgan fingerprint density at radius 2 is 2.00 bits per heavy atom. The lowest BCUT2D eigenvalue weighted by Gasteiger charge is -2.09. The van der Waals surface area contributed by atoms with Gasteiger partial charge < -0.3 is 5.32 Å². The molecule has 0 unspecified atom stereocenters. The number of amides is 1. The molecule has 120 valence electrons. The first-order valence-electron chi connectivity index (χ1n) is 6.98. The molecule has 3 rings (SSSR count). The average molecular weight is 396 g/mol. The molecule has 23 heavy (non-hydrogen) atoms. The van der Waals surface area contributed by atoms with E-state index in [4.69, 9.17) is 0 Å². The van der Waals surface area contributed by atoms with Crippen LogP contribution in [-0.4, -0.2) is 25.4 Å². The van der Waals surface area contributed by atoms with Gasteiger partial charge in [-0.3, -0.25) is 9.78 Å². The molecule has 6 nitrogen and oxygen atoms in total. The maximum atomic E-state index is 12.2. The van der Waals surface area contributed by atoms with Gasteiger partial charge in [0.15, 0.2) is 0 Å². The predicted octanol–water partition coefficient (Wildman–Crippen LogP) is 2.54. The van der Waals surface area contributed by atoms with Crippen molar-refractivity contribution in [2.45, 2.75) is 23.8 Å². The molecule has 0 aliphatic heterocycles. The number of carbonyl (C=O) groups is 1. The smallest absolute Gasteiger partial charge is 0.257 e. The molecule has 1 aromatic carbocycles. The van der Waals surface area contributed by atoms with E-state index in [0.29, 0.717) is 15.7 Å². The molecular formula is C15H14BrN3O3S. The molecule has 2 N–H and O–H groups in total. The fourth-order valence-corrected chi connectivity index (χ4v) is 3.68. The molecule has 1 aliphatic rings. The van der Waals surface area contributed by atoms with Gasteiger partial charge in [-0.2, -0.15) is 0 Å². The summed E-state index contributed by atoms with van der Waals surface area (Å²) in [5.74, 6) is -0.358. The van der Waals surface area contributed by atoms with Gasteiger partial charge in [0.05, 0.1) is 10.5 Å². The Kier molecular flexibility index (Phi) is 4.47. The minimum absolute atomic E-state index is 0.0333. The third-order valence-corrected chi connectivity index (χ3v) is 5.22. The molecule has 1 saturated carbocycles. The number of pyridine rings is 1. The van der Waals surface area contributed by atoms with E-state index >= 15 is 0 Å². The van der Waals surface area contributed by atoms with Gasteiger partial charge in [0, 0.05) is 28.6 Å². The molecule has 2 aromatic rings. The highest BCUT2D eigenvalue weighted by molar-refractivity contribution is 9.10. The number of nitrogens with one attached hydrogen (secondary N) is 2. The minimum Gasteiger partial charge on any atom is -0.322 e. The van der Waals surface area contributed by atoms with E-state index in [-0.39, 0.29) is 16.8 Å². The highest BCUT2D eigenvalue weighted by Gasteiger charge is 2.28. The summed E-state index contributed by atoms with van der Waals surface area (Å²) in [5, 5.41) is 2.67. The topological polar surface area (TPSA) is 88.2 Å². The van der Waals surface area contributed by atoms with Crippen LogP contribution in [0.4, 0.5) is 5.69 Å². The Morgan fingerprint density at radius 3 is 2.70 bits per heavy atom. The van der Waals surface area contributed by atoms with Crippen molar-refractivity contribution >= 4 is 37.5 Å². The third-order valence-electron chi connectivity index (χ3n) is 3.27. The average Bonchev–Trinajstić information content (AvgIpc) is 3.31. The van der Waals surface area contributed by atoms with Crippen molar-refractivity contribution in [2.24, 2.45) is 0 Å². The van der Waals surface area contributed by atoms with E-state index in [9.17, 15) is 13.2 Å². The molecule has 0 bridgehead atoms. The maximum Gasteiger partial charge on any atom is 0.257 e. The number of hydrogen-bond donors (Lipinski definition) is 2. The fourth-order valence-electron chi connectivity index (χ4n) is 1.97. The van der Waals surface area contributed by atoms with Crippen LogP contribution in [0.5, 0.6) is 0 Å². The first-order valence-corrected chi connectivity index (χ1v) is 9.26. The van der Waals surface area contributed by atoms with E-state index < -0.39 is 10.0 Å². The molecule has 1 amide bonds. The standard InChI is InChI=1S/C15H14BrN3O3S/c16-11-6-10(8-17-9-11)15(20)18-13-2-1-3-14(7-13)23(21,22)19-12-4-5-12/h1-3,6-9,12,19H,4-5H2,(H,18,20). The van der Waals surface area contributed by atoms with Crippen LogP contribution in [0.25, 0.3) is 0 Å². The van der Waals surface area contributed by atoms with Crippen molar-refractivity contribution < 1.29 is 13.2 Å². The van der Waals surface area contributed by atoms with Gasteiger partial charge in [-0.1, -0.05) is 6.07 Å². The second-order valence-corrected chi connectivity index (χ2v) is 7.90. The third kappa shape index (κ3) is 4.15. The lowest BCUT2D eigenvalue weighted by molar-refractivity contribution is 0.102. The Labute approximate surface area is 142 Å². The van der Waals surface area contributed by atoms with Gasteiger partial charge in [0.2, 0.25) is 10.0 Å². The van der Waals surface area contributed by atoms with Crippen molar-refractivity contribution in [3.8, 4) is 0 Å². The summed E-state index contributed by atoms with van der Waals surface area (Å²) in [6, 6.07) is 7.84. The zero-order valence-electron chi connectivity index (χ0n) is 12.0. The number of nitrogens with zero attached hydrogens (tertiary/aromatic N) is 1. The van der Waals surface area contributed by atoms with Gasteiger partial charge in [0.1, 0.15) is 0 Å². The van der Waals surface area contributed by atoms with Crippen molar-refractivity contribution in [2.75, 3.05) is 5.32 Å². The Balaban J connectivity index is 1.78. The van der Waals surface area contributed by atoms with Crippen LogP contribution in [0.1, 0.15) is 23.2 Å². The van der Waals surface area contributed by atoms with Crippen LogP contribution < -0.4 is 10.0 Å². The minimum atomic E-state index is -3.55. The first-order chi connectivity index (χ1) is 10.9. The summed E-state index contributed by atoms with van der Waals surface area (Å²) in [6.07, 6.45) is 4.75. The normalized spacial score (nSPS) is 14.5. The van der Waals surface area contributed by atoms with Gasteiger partial charge in [-0.15, -0.1) is 0 Å². The van der Waals surface area contributed by atoms with Crippen molar-refractivity contribution in [3.63, 3.8) is 0 Å². The second-order valence-electron chi connectivity index (χ2n) is 5.27. The van der Waals surface area contributed by atoms with E-state index in [0.717, 1.165) is 12.8 Å². The highest BCUT2D eigenvalue weighted by Crippen LogP contribution is 2.23. The van der Waals surface area contributed by atoms with E-state index in [1.54, 1.807) is 24.4 Å². The summed E-state index contributed by atoms with van der Waals surface area (Å²) in [6.45, 7) is 0. The number of carbonyl (C=O) groups excluding carboxylic acids is 1. The van der Waals surface area contributed by atoms with E-state index in [2.05, 4.69) is 31.0 Å². The number of hydrogen-bond acceptors (Lipinski definition) is 4. The second kappa shape index (κ2) is 6.38. The molecule has 0 spiro atoms. The van der Waals surface area contributed by atoms with Crippen molar-refractivity contribution in [1.29, 1.82) is 0 Å². The van der Waals surface area contributed by atoms with Crippen LogP contribution in [0.15, 0.2) is 52.1 Å². The van der Waals surface area contributed by atoms with Crippen molar-refractivity contribution in [1.82, 2.24) is 9.71 Å². The number of aromatic nitrogens is 1. The lowest BCUT2D eigenvalue weighted by atomic mass is 10.2.